The lowest BCUT2D eigenvalue weighted by molar-refractivity contribution is -0.134. The highest BCUT2D eigenvalue weighted by Crippen LogP contribution is 2.24. The molecule has 1 aromatic rings. The van der Waals surface area contributed by atoms with Crippen molar-refractivity contribution in [1.82, 2.24) is 10.2 Å². The predicted octanol–water partition coefficient (Wildman–Crippen LogP) is 3.68. The van der Waals surface area contributed by atoms with Gasteiger partial charge in [-0.25, -0.2) is 0 Å². The lowest BCUT2D eigenvalue weighted by atomic mass is 9.89. The van der Waals surface area contributed by atoms with Gasteiger partial charge in [-0.2, -0.15) is 0 Å². The molecule has 1 aliphatic rings. The van der Waals surface area contributed by atoms with Crippen molar-refractivity contribution in [3.05, 3.63) is 35.4 Å². The first-order valence-electron chi connectivity index (χ1n) is 9.33. The van der Waals surface area contributed by atoms with Gasteiger partial charge >= 0.3 is 0 Å². The average Bonchev–Trinajstić information content (AvgIpc) is 2.53. The molecule has 1 heterocycles. The average molecular weight is 344 g/mol. The number of carbonyl (C=O) groups excluding carboxylic acids is 2. The molecule has 138 valence electrons. The van der Waals surface area contributed by atoms with E-state index in [0.29, 0.717) is 25.3 Å². The molecule has 2 rings (SSSR count). The zero-order chi connectivity index (χ0) is 18.4. The summed E-state index contributed by atoms with van der Waals surface area (Å²) in [5.74, 6) is 0.742. The lowest BCUT2D eigenvalue weighted by Crippen LogP contribution is -2.40. The summed E-state index contributed by atoms with van der Waals surface area (Å²) >= 11 is 0. The highest BCUT2D eigenvalue weighted by molar-refractivity contribution is 5.77. The number of benzene rings is 1. The summed E-state index contributed by atoms with van der Waals surface area (Å²) in [7, 11) is 0. The third-order valence-electron chi connectivity index (χ3n) is 4.73. The monoisotopic (exact) mass is 344 g/mol. The van der Waals surface area contributed by atoms with Crippen LogP contribution < -0.4 is 5.32 Å². The number of nitrogens with one attached hydrogen (secondary N) is 1. The van der Waals surface area contributed by atoms with Gasteiger partial charge in [0.05, 0.1) is 0 Å². The maximum Gasteiger partial charge on any atom is 0.223 e. The molecule has 0 atom stereocenters. The lowest BCUT2D eigenvalue weighted by Gasteiger charge is -2.33. The van der Waals surface area contributed by atoms with Crippen LogP contribution in [-0.4, -0.2) is 29.8 Å². The van der Waals surface area contributed by atoms with E-state index < -0.39 is 0 Å². The van der Waals surface area contributed by atoms with Crippen LogP contribution in [0.5, 0.6) is 0 Å². The van der Waals surface area contributed by atoms with Gasteiger partial charge in [-0.1, -0.05) is 50.6 Å². The second kappa shape index (κ2) is 8.50. The summed E-state index contributed by atoms with van der Waals surface area (Å²) in [4.78, 5) is 26.4. The number of amides is 2. The molecule has 0 spiro atoms. The second-order valence-electron chi connectivity index (χ2n) is 8.53. The number of piperidine rings is 1. The Kier molecular flexibility index (Phi) is 6.63. The second-order valence-corrected chi connectivity index (χ2v) is 8.53. The molecule has 0 aliphatic carbocycles. The Balaban J connectivity index is 1.69. The zero-order valence-corrected chi connectivity index (χ0v) is 16.1. The van der Waals surface area contributed by atoms with Gasteiger partial charge < -0.3 is 10.2 Å². The molecule has 2 amide bonds. The van der Waals surface area contributed by atoms with Crippen molar-refractivity contribution in [2.24, 2.45) is 11.3 Å². The van der Waals surface area contributed by atoms with Crippen molar-refractivity contribution in [2.45, 2.75) is 59.9 Å². The Morgan fingerprint density at radius 2 is 1.72 bits per heavy atom. The van der Waals surface area contributed by atoms with Crippen molar-refractivity contribution in [3.8, 4) is 0 Å². The fourth-order valence-corrected chi connectivity index (χ4v) is 3.19. The smallest absolute Gasteiger partial charge is 0.223 e. The molecule has 4 heteroatoms. The van der Waals surface area contributed by atoms with Gasteiger partial charge in [0, 0.05) is 32.5 Å². The maximum atomic E-state index is 12.3. The van der Waals surface area contributed by atoms with Crippen LogP contribution in [0.15, 0.2) is 24.3 Å². The summed E-state index contributed by atoms with van der Waals surface area (Å²) in [6, 6.07) is 8.22. The summed E-state index contributed by atoms with van der Waals surface area (Å²) < 4.78 is 0. The van der Waals surface area contributed by atoms with E-state index in [1.807, 2.05) is 4.90 Å². The highest BCUT2D eigenvalue weighted by Gasteiger charge is 2.26. The van der Waals surface area contributed by atoms with Gasteiger partial charge in [-0.3, -0.25) is 9.59 Å². The first-order chi connectivity index (χ1) is 11.7. The quantitative estimate of drug-likeness (QED) is 0.886. The molecule has 1 aliphatic heterocycles. The van der Waals surface area contributed by atoms with Gasteiger partial charge in [0.1, 0.15) is 0 Å². The topological polar surface area (TPSA) is 49.4 Å². The van der Waals surface area contributed by atoms with Crippen molar-refractivity contribution in [1.29, 1.82) is 0 Å². The van der Waals surface area contributed by atoms with E-state index in [2.05, 4.69) is 57.3 Å². The van der Waals surface area contributed by atoms with Crippen molar-refractivity contribution in [3.63, 3.8) is 0 Å². The number of likely N-dealkylation sites (tertiary alicyclic amines) is 1. The van der Waals surface area contributed by atoms with E-state index in [9.17, 15) is 9.59 Å². The minimum Gasteiger partial charge on any atom is -0.352 e. The van der Waals surface area contributed by atoms with Crippen LogP contribution in [0.25, 0.3) is 0 Å². The first-order valence-corrected chi connectivity index (χ1v) is 9.33. The minimum atomic E-state index is 0.0315. The molecule has 0 saturated carbocycles. The van der Waals surface area contributed by atoms with Gasteiger partial charge in [0.25, 0.3) is 0 Å². The molecular weight excluding hydrogens is 312 g/mol. The number of nitrogens with zero attached hydrogens (tertiary/aromatic N) is 1. The van der Waals surface area contributed by atoms with Gasteiger partial charge in [0.15, 0.2) is 0 Å². The van der Waals surface area contributed by atoms with Crippen LogP contribution in [-0.2, 0) is 16.1 Å². The molecule has 25 heavy (non-hydrogen) atoms. The SMILES string of the molecule is Cc1ccc(CNC(=O)CC2CCN(C(=O)CC(C)(C)C)CC2)cc1. The Hall–Kier alpha value is -1.84. The Morgan fingerprint density at radius 1 is 1.12 bits per heavy atom. The van der Waals surface area contributed by atoms with Crippen LogP contribution in [0.4, 0.5) is 0 Å². The maximum absolute atomic E-state index is 12.3. The number of hydrogen-bond acceptors (Lipinski definition) is 2. The van der Waals surface area contributed by atoms with Gasteiger partial charge in [-0.15, -0.1) is 0 Å². The van der Waals surface area contributed by atoms with E-state index in [0.717, 1.165) is 31.5 Å². The third-order valence-corrected chi connectivity index (χ3v) is 4.73. The van der Waals surface area contributed by atoms with E-state index in [1.165, 1.54) is 5.56 Å². The van der Waals surface area contributed by atoms with Crippen LogP contribution in [0, 0.1) is 18.3 Å². The number of carbonyl (C=O) groups is 2. The number of hydrogen-bond donors (Lipinski definition) is 1. The summed E-state index contributed by atoms with van der Waals surface area (Å²) in [5, 5.41) is 3.01. The van der Waals surface area contributed by atoms with E-state index in [-0.39, 0.29) is 17.2 Å². The Morgan fingerprint density at radius 3 is 2.28 bits per heavy atom. The molecule has 1 aromatic carbocycles. The number of aryl methyl sites for hydroxylation is 1. The fraction of sp³-hybridized carbons (Fsp3) is 0.619. The molecular formula is C21H32N2O2. The molecule has 1 N–H and O–H groups in total. The highest BCUT2D eigenvalue weighted by atomic mass is 16.2. The summed E-state index contributed by atoms with van der Waals surface area (Å²) in [6.07, 6.45) is 3.00. The normalized spacial score (nSPS) is 15.9. The Bertz CT molecular complexity index is 579. The number of rotatable bonds is 5. The third kappa shape index (κ3) is 6.89. The van der Waals surface area contributed by atoms with Crippen LogP contribution >= 0.6 is 0 Å². The van der Waals surface area contributed by atoms with Gasteiger partial charge in [-0.05, 0) is 36.7 Å². The zero-order valence-electron chi connectivity index (χ0n) is 16.1. The van der Waals surface area contributed by atoms with Crippen LogP contribution in [0.3, 0.4) is 0 Å². The van der Waals surface area contributed by atoms with Crippen molar-refractivity contribution < 1.29 is 9.59 Å². The van der Waals surface area contributed by atoms with E-state index >= 15 is 0 Å². The largest absolute Gasteiger partial charge is 0.352 e. The standard InChI is InChI=1S/C21H32N2O2/c1-16-5-7-18(8-6-16)15-22-19(24)13-17-9-11-23(12-10-17)20(25)14-21(2,3)4/h5-8,17H,9-15H2,1-4H3,(H,22,24). The molecule has 0 radical (unpaired) electrons. The van der Waals surface area contributed by atoms with Gasteiger partial charge in [0.2, 0.25) is 11.8 Å². The van der Waals surface area contributed by atoms with Crippen molar-refractivity contribution >= 4 is 11.8 Å². The molecule has 1 saturated heterocycles. The molecule has 0 bridgehead atoms. The van der Waals surface area contributed by atoms with Crippen LogP contribution in [0.1, 0.15) is 57.6 Å². The van der Waals surface area contributed by atoms with Crippen LogP contribution in [0.2, 0.25) is 0 Å². The summed E-state index contributed by atoms with van der Waals surface area (Å²) in [5.41, 5.74) is 2.38. The van der Waals surface area contributed by atoms with E-state index in [1.54, 1.807) is 0 Å². The summed E-state index contributed by atoms with van der Waals surface area (Å²) in [6.45, 7) is 10.5. The van der Waals surface area contributed by atoms with E-state index in [4.69, 9.17) is 0 Å². The molecule has 1 fully saturated rings. The first kappa shape index (κ1) is 19.5. The Labute approximate surface area is 152 Å². The minimum absolute atomic E-state index is 0.0315. The molecule has 0 unspecified atom stereocenters. The molecule has 0 aromatic heterocycles. The fourth-order valence-electron chi connectivity index (χ4n) is 3.19. The molecule has 4 nitrogen and oxygen atoms in total. The predicted molar refractivity (Wildman–Crippen MR) is 101 cm³/mol. The van der Waals surface area contributed by atoms with Crippen molar-refractivity contribution in [2.75, 3.05) is 13.1 Å².